The van der Waals surface area contributed by atoms with E-state index in [1.807, 2.05) is 0 Å². The van der Waals surface area contributed by atoms with Gasteiger partial charge >= 0.3 is 0 Å². The molecule has 1 atom stereocenters. The molecule has 0 amide bonds. The zero-order chi connectivity index (χ0) is 19.9. The fraction of sp³-hybridized carbons (Fsp3) is 1.00. The zero-order valence-corrected chi connectivity index (χ0v) is 19.8. The molecule has 0 heterocycles. The number of quaternary nitrogens is 1. The van der Waals surface area contributed by atoms with Gasteiger partial charge in [-0.05, 0) is 43.4 Å². The van der Waals surface area contributed by atoms with Gasteiger partial charge < -0.3 is 4.48 Å². The molecule has 0 N–H and O–H groups in total. The van der Waals surface area contributed by atoms with Crippen LogP contribution in [0.2, 0.25) is 0 Å². The minimum atomic E-state index is 0.490. The highest BCUT2D eigenvalue weighted by Crippen LogP contribution is 2.27. The fourth-order valence-corrected chi connectivity index (χ4v) is 4.32. The summed E-state index contributed by atoms with van der Waals surface area (Å²) in [5, 5.41) is 0. The van der Waals surface area contributed by atoms with Gasteiger partial charge in [-0.2, -0.15) is 0 Å². The lowest BCUT2D eigenvalue weighted by molar-refractivity contribution is -0.890. The van der Waals surface area contributed by atoms with Crippen LogP contribution in [0.15, 0.2) is 0 Å². The minimum absolute atomic E-state index is 0.490. The van der Waals surface area contributed by atoms with Crippen molar-refractivity contribution in [3.05, 3.63) is 0 Å². The molecule has 158 valence electrons. The molecule has 0 aliphatic rings. The lowest BCUT2D eigenvalue weighted by atomic mass is 9.83. The second-order valence-electron chi connectivity index (χ2n) is 10.9. The van der Waals surface area contributed by atoms with Crippen LogP contribution in [0.3, 0.4) is 0 Å². The summed E-state index contributed by atoms with van der Waals surface area (Å²) >= 11 is 0. The topological polar surface area (TPSA) is 0 Å². The third kappa shape index (κ3) is 18.7. The Morgan fingerprint density at radius 2 is 1.08 bits per heavy atom. The van der Waals surface area contributed by atoms with E-state index < -0.39 is 0 Å². The number of unbranched alkanes of at least 4 members (excludes halogenated alkanes) is 10. The summed E-state index contributed by atoms with van der Waals surface area (Å²) < 4.78 is 1.23. The van der Waals surface area contributed by atoms with E-state index in [2.05, 4.69) is 48.7 Å². The van der Waals surface area contributed by atoms with Gasteiger partial charge in [-0.15, -0.1) is 0 Å². The lowest BCUT2D eigenvalue weighted by Crippen LogP contribution is -2.41. The van der Waals surface area contributed by atoms with E-state index in [4.69, 9.17) is 0 Å². The maximum Gasteiger partial charge on any atom is 0.0782 e. The molecule has 0 aromatic heterocycles. The Kier molecular flexibility index (Phi) is 14.9. The molecule has 0 saturated carbocycles. The van der Waals surface area contributed by atoms with Gasteiger partial charge in [-0.3, -0.25) is 0 Å². The number of nitrogens with zero attached hydrogens (tertiary/aromatic N) is 1. The molecular formula is C25H54N+. The third-order valence-electron chi connectivity index (χ3n) is 5.79. The molecule has 0 aromatic carbocycles. The van der Waals surface area contributed by atoms with Crippen molar-refractivity contribution >= 4 is 0 Å². The van der Waals surface area contributed by atoms with E-state index in [1.54, 1.807) is 0 Å². The first kappa shape index (κ1) is 26.0. The van der Waals surface area contributed by atoms with Crippen LogP contribution >= 0.6 is 0 Å². The molecular weight excluding hydrogens is 314 g/mol. The average Bonchev–Trinajstić information content (AvgIpc) is 2.52. The van der Waals surface area contributed by atoms with Crippen molar-refractivity contribution in [1.82, 2.24) is 0 Å². The van der Waals surface area contributed by atoms with Gasteiger partial charge in [-0.25, -0.2) is 0 Å². The van der Waals surface area contributed by atoms with Crippen LogP contribution < -0.4 is 0 Å². The Bertz CT molecular complexity index is 300. The first-order valence-electron chi connectivity index (χ1n) is 12.0. The summed E-state index contributed by atoms with van der Waals surface area (Å²) in [5.74, 6) is 0.882. The molecule has 0 spiro atoms. The molecule has 0 aromatic rings. The van der Waals surface area contributed by atoms with E-state index in [1.165, 1.54) is 107 Å². The molecule has 1 nitrogen and oxygen atoms in total. The summed E-state index contributed by atoms with van der Waals surface area (Å²) in [4.78, 5) is 0. The molecule has 0 rings (SSSR count). The molecule has 0 bridgehead atoms. The molecule has 0 saturated heterocycles. The second-order valence-corrected chi connectivity index (χ2v) is 10.9. The van der Waals surface area contributed by atoms with Crippen molar-refractivity contribution in [3.8, 4) is 0 Å². The van der Waals surface area contributed by atoms with Crippen molar-refractivity contribution in [1.29, 1.82) is 0 Å². The van der Waals surface area contributed by atoms with Crippen LogP contribution in [0.5, 0.6) is 0 Å². The molecule has 0 radical (unpaired) electrons. The van der Waals surface area contributed by atoms with Gasteiger partial charge in [0.1, 0.15) is 0 Å². The van der Waals surface area contributed by atoms with Gasteiger partial charge in [-0.1, -0.05) is 92.4 Å². The second kappa shape index (κ2) is 14.9. The molecule has 1 heteroatoms. The van der Waals surface area contributed by atoms with Crippen LogP contribution in [0.4, 0.5) is 0 Å². The predicted molar refractivity (Wildman–Crippen MR) is 121 cm³/mol. The summed E-state index contributed by atoms with van der Waals surface area (Å²) in [6.07, 6.45) is 20.0. The van der Waals surface area contributed by atoms with Crippen molar-refractivity contribution in [2.75, 3.05) is 27.2 Å². The summed E-state index contributed by atoms with van der Waals surface area (Å²) in [6.45, 7) is 14.6. The van der Waals surface area contributed by atoms with E-state index in [9.17, 15) is 0 Å². The van der Waals surface area contributed by atoms with Crippen LogP contribution in [-0.4, -0.2) is 31.7 Å². The predicted octanol–water partition coefficient (Wildman–Crippen LogP) is 8.23. The third-order valence-corrected chi connectivity index (χ3v) is 5.79. The Labute approximate surface area is 167 Å². The van der Waals surface area contributed by atoms with Crippen molar-refractivity contribution in [2.24, 2.45) is 11.3 Å². The van der Waals surface area contributed by atoms with E-state index in [0.29, 0.717) is 5.41 Å². The summed E-state index contributed by atoms with van der Waals surface area (Å²) in [7, 11) is 4.87. The van der Waals surface area contributed by atoms with Gasteiger partial charge in [0.15, 0.2) is 0 Å². The lowest BCUT2D eigenvalue weighted by Gasteiger charge is -2.30. The standard InChI is InChI=1S/C25H54N/c1-8-9-10-11-12-13-14-15-16-18-21-26(6,7)22-19-17-20-24(2)23-25(3,4)5/h24H,8-23H2,1-7H3/q+1. The van der Waals surface area contributed by atoms with Gasteiger partial charge in [0.2, 0.25) is 0 Å². The van der Waals surface area contributed by atoms with Gasteiger partial charge in [0, 0.05) is 0 Å². The highest BCUT2D eigenvalue weighted by atomic mass is 15.3. The maximum atomic E-state index is 2.44. The minimum Gasteiger partial charge on any atom is -0.328 e. The highest BCUT2D eigenvalue weighted by Gasteiger charge is 2.17. The number of hydrogen-bond acceptors (Lipinski definition) is 0. The maximum absolute atomic E-state index is 2.44. The Morgan fingerprint density at radius 3 is 1.54 bits per heavy atom. The quantitative estimate of drug-likeness (QED) is 0.179. The van der Waals surface area contributed by atoms with Crippen molar-refractivity contribution < 1.29 is 4.48 Å². The number of rotatable bonds is 17. The monoisotopic (exact) mass is 368 g/mol. The van der Waals surface area contributed by atoms with Crippen LogP contribution in [0.25, 0.3) is 0 Å². The molecule has 0 aliphatic carbocycles. The Hall–Kier alpha value is -0.0400. The van der Waals surface area contributed by atoms with Crippen LogP contribution in [-0.2, 0) is 0 Å². The van der Waals surface area contributed by atoms with E-state index in [0.717, 1.165) is 5.92 Å². The highest BCUT2D eigenvalue weighted by molar-refractivity contribution is 4.66. The van der Waals surface area contributed by atoms with Gasteiger partial charge in [0.05, 0.1) is 27.2 Å². The first-order valence-corrected chi connectivity index (χ1v) is 12.0. The van der Waals surface area contributed by atoms with E-state index in [-0.39, 0.29) is 0 Å². The Balaban J connectivity index is 3.52. The SMILES string of the molecule is CCCCCCCCCCCC[N+](C)(C)CCCCC(C)CC(C)(C)C. The Morgan fingerprint density at radius 1 is 0.654 bits per heavy atom. The van der Waals surface area contributed by atoms with Crippen molar-refractivity contribution in [3.63, 3.8) is 0 Å². The normalized spacial score (nSPS) is 14.0. The van der Waals surface area contributed by atoms with E-state index >= 15 is 0 Å². The molecule has 26 heavy (non-hydrogen) atoms. The molecule has 0 fully saturated rings. The first-order chi connectivity index (χ1) is 12.2. The fourth-order valence-electron chi connectivity index (χ4n) is 4.32. The van der Waals surface area contributed by atoms with Crippen LogP contribution in [0, 0.1) is 11.3 Å². The summed E-state index contributed by atoms with van der Waals surface area (Å²) in [5.41, 5.74) is 0.490. The smallest absolute Gasteiger partial charge is 0.0782 e. The van der Waals surface area contributed by atoms with Gasteiger partial charge in [0.25, 0.3) is 0 Å². The van der Waals surface area contributed by atoms with Crippen LogP contribution in [0.1, 0.15) is 125 Å². The molecule has 0 aliphatic heterocycles. The number of hydrogen-bond donors (Lipinski definition) is 0. The van der Waals surface area contributed by atoms with Crippen molar-refractivity contribution in [2.45, 2.75) is 125 Å². The average molecular weight is 369 g/mol. The summed E-state index contributed by atoms with van der Waals surface area (Å²) in [6, 6.07) is 0. The zero-order valence-electron chi connectivity index (χ0n) is 19.8. The molecule has 1 unspecified atom stereocenters. The largest absolute Gasteiger partial charge is 0.328 e.